The normalized spacial score (nSPS) is 19.1. The van der Waals surface area contributed by atoms with Gasteiger partial charge in [-0.1, -0.05) is 29.8 Å². The first-order valence-corrected chi connectivity index (χ1v) is 7.87. The Morgan fingerprint density at radius 2 is 2.00 bits per heavy atom. The third kappa shape index (κ3) is 3.92. The summed E-state index contributed by atoms with van der Waals surface area (Å²) in [6, 6.07) is 2.64. The average molecular weight is 347 g/mol. The molecule has 0 spiro atoms. The summed E-state index contributed by atoms with van der Waals surface area (Å²) in [5.41, 5.74) is 0.111. The van der Waals surface area contributed by atoms with Crippen LogP contribution < -0.4 is 10.2 Å². The van der Waals surface area contributed by atoms with Gasteiger partial charge in [0, 0.05) is 17.6 Å². The molecule has 5 heteroatoms. The summed E-state index contributed by atoms with van der Waals surface area (Å²) < 4.78 is 28.3. The highest BCUT2D eigenvalue weighted by molar-refractivity contribution is 9.10. The van der Waals surface area contributed by atoms with E-state index < -0.39 is 11.6 Å². The topological polar surface area (TPSA) is 15.3 Å². The quantitative estimate of drug-likeness (QED) is 0.872. The zero-order chi connectivity index (χ0) is 14.7. The Labute approximate surface area is 127 Å². The van der Waals surface area contributed by atoms with Gasteiger partial charge in [0.05, 0.1) is 0 Å². The summed E-state index contributed by atoms with van der Waals surface area (Å²) >= 11 is 3.11. The Balaban J connectivity index is 1.96. The molecule has 1 saturated heterocycles. The van der Waals surface area contributed by atoms with Gasteiger partial charge in [0.1, 0.15) is 5.69 Å². The number of anilines is 1. The summed E-state index contributed by atoms with van der Waals surface area (Å²) in [5.74, 6) is 0.0883. The molecule has 2 nitrogen and oxygen atoms in total. The number of rotatable bonds is 5. The molecule has 1 fully saturated rings. The molecule has 1 N–H and O–H groups in total. The van der Waals surface area contributed by atoms with Gasteiger partial charge in [-0.15, -0.1) is 0 Å². The van der Waals surface area contributed by atoms with Crippen molar-refractivity contribution in [3.05, 3.63) is 28.2 Å². The predicted molar refractivity (Wildman–Crippen MR) is 82.1 cm³/mol. The van der Waals surface area contributed by atoms with Crippen molar-refractivity contribution in [2.24, 2.45) is 11.8 Å². The maximum absolute atomic E-state index is 13.9. The maximum atomic E-state index is 13.9. The van der Waals surface area contributed by atoms with E-state index in [1.807, 2.05) is 4.90 Å². The molecular formula is C15H21BrF2N2. The first-order valence-electron chi connectivity index (χ1n) is 7.07. The molecule has 112 valence electrons. The number of nitrogens with one attached hydrogen (secondary N) is 1. The molecule has 0 aromatic heterocycles. The molecule has 2 rings (SSSR count). The first-order chi connectivity index (χ1) is 9.47. The Bertz CT molecular complexity index is 442. The molecule has 1 aliphatic heterocycles. The number of benzene rings is 1. The lowest BCUT2D eigenvalue weighted by Gasteiger charge is -2.20. The van der Waals surface area contributed by atoms with E-state index in [0.717, 1.165) is 19.5 Å². The van der Waals surface area contributed by atoms with Crippen molar-refractivity contribution in [1.29, 1.82) is 0 Å². The van der Waals surface area contributed by atoms with Gasteiger partial charge in [-0.05, 0) is 43.5 Å². The van der Waals surface area contributed by atoms with Crippen molar-refractivity contribution in [2.45, 2.75) is 20.3 Å². The molecule has 0 saturated carbocycles. The van der Waals surface area contributed by atoms with E-state index in [1.165, 1.54) is 12.1 Å². The number of hydrogen-bond donors (Lipinski definition) is 1. The van der Waals surface area contributed by atoms with E-state index in [-0.39, 0.29) is 5.69 Å². The van der Waals surface area contributed by atoms with E-state index >= 15 is 0 Å². The third-order valence-corrected chi connectivity index (χ3v) is 4.03. The lowest BCUT2D eigenvalue weighted by molar-refractivity contribution is 0.476. The van der Waals surface area contributed by atoms with Gasteiger partial charge < -0.3 is 10.2 Å². The van der Waals surface area contributed by atoms with Crippen LogP contribution in [0.25, 0.3) is 0 Å². The van der Waals surface area contributed by atoms with Crippen LogP contribution >= 0.6 is 15.9 Å². The third-order valence-electron chi connectivity index (χ3n) is 3.57. The van der Waals surface area contributed by atoms with Gasteiger partial charge in [-0.25, -0.2) is 8.78 Å². The van der Waals surface area contributed by atoms with Crippen LogP contribution in [-0.2, 0) is 0 Å². The summed E-state index contributed by atoms with van der Waals surface area (Å²) in [6.45, 7) is 7.65. The number of nitrogens with zero attached hydrogens (tertiary/aromatic N) is 1. The Hall–Kier alpha value is -0.680. The largest absolute Gasteiger partial charge is 0.366 e. The molecule has 1 unspecified atom stereocenters. The molecule has 0 amide bonds. The zero-order valence-corrected chi connectivity index (χ0v) is 13.5. The van der Waals surface area contributed by atoms with Crippen LogP contribution in [0.1, 0.15) is 20.3 Å². The van der Waals surface area contributed by atoms with E-state index in [1.54, 1.807) is 0 Å². The molecule has 0 aliphatic carbocycles. The van der Waals surface area contributed by atoms with Crippen LogP contribution in [0, 0.1) is 23.5 Å². The fourth-order valence-electron chi connectivity index (χ4n) is 2.62. The van der Waals surface area contributed by atoms with Gasteiger partial charge >= 0.3 is 0 Å². The van der Waals surface area contributed by atoms with Crippen molar-refractivity contribution < 1.29 is 8.78 Å². The molecule has 0 bridgehead atoms. The molecule has 1 aromatic carbocycles. The molecule has 1 aromatic rings. The second-order valence-corrected chi connectivity index (χ2v) is 6.79. The Kier molecular flexibility index (Phi) is 5.38. The van der Waals surface area contributed by atoms with Crippen molar-refractivity contribution >= 4 is 21.6 Å². The van der Waals surface area contributed by atoms with Crippen LogP contribution in [0.4, 0.5) is 14.5 Å². The Morgan fingerprint density at radius 1 is 1.35 bits per heavy atom. The second kappa shape index (κ2) is 6.85. The highest BCUT2D eigenvalue weighted by atomic mass is 79.9. The fourth-order valence-corrected chi connectivity index (χ4v) is 3.02. The van der Waals surface area contributed by atoms with Crippen LogP contribution in [0.5, 0.6) is 0 Å². The van der Waals surface area contributed by atoms with Gasteiger partial charge in [-0.3, -0.25) is 0 Å². The van der Waals surface area contributed by atoms with Crippen molar-refractivity contribution in [3.8, 4) is 0 Å². The maximum Gasteiger partial charge on any atom is 0.150 e. The second-order valence-electron chi connectivity index (χ2n) is 5.87. The summed E-state index contributed by atoms with van der Waals surface area (Å²) in [6.07, 6.45) is 0.972. The SMILES string of the molecule is CC(C)CNCC1CCN(c2c(F)cc(Br)cc2F)C1. The number of halogens is 3. The van der Waals surface area contributed by atoms with Gasteiger partial charge in [0.15, 0.2) is 11.6 Å². The van der Waals surface area contributed by atoms with E-state index in [9.17, 15) is 8.78 Å². The lowest BCUT2D eigenvalue weighted by Crippen LogP contribution is -2.29. The van der Waals surface area contributed by atoms with E-state index in [2.05, 4.69) is 35.1 Å². The smallest absolute Gasteiger partial charge is 0.150 e. The Morgan fingerprint density at radius 3 is 2.60 bits per heavy atom. The minimum atomic E-state index is -0.493. The van der Waals surface area contributed by atoms with Crippen molar-refractivity contribution in [2.75, 3.05) is 31.1 Å². The zero-order valence-electron chi connectivity index (χ0n) is 11.9. The molecule has 0 radical (unpaired) electrons. The monoisotopic (exact) mass is 346 g/mol. The summed E-state index contributed by atoms with van der Waals surface area (Å²) in [7, 11) is 0. The molecule has 1 aliphatic rings. The highest BCUT2D eigenvalue weighted by Gasteiger charge is 2.26. The molecule has 1 heterocycles. The fraction of sp³-hybridized carbons (Fsp3) is 0.600. The van der Waals surface area contributed by atoms with Crippen molar-refractivity contribution in [3.63, 3.8) is 0 Å². The van der Waals surface area contributed by atoms with Gasteiger partial charge in [0.25, 0.3) is 0 Å². The summed E-state index contributed by atoms with van der Waals surface area (Å²) in [4.78, 5) is 1.82. The average Bonchev–Trinajstić information content (AvgIpc) is 2.75. The minimum Gasteiger partial charge on any atom is -0.366 e. The van der Waals surface area contributed by atoms with Crippen molar-refractivity contribution in [1.82, 2.24) is 5.32 Å². The van der Waals surface area contributed by atoms with Crippen LogP contribution in [-0.4, -0.2) is 26.2 Å². The number of hydrogen-bond acceptors (Lipinski definition) is 2. The van der Waals surface area contributed by atoms with Crippen LogP contribution in [0.3, 0.4) is 0 Å². The van der Waals surface area contributed by atoms with Gasteiger partial charge in [-0.2, -0.15) is 0 Å². The molecule has 20 heavy (non-hydrogen) atoms. The van der Waals surface area contributed by atoms with Crippen LogP contribution in [0.15, 0.2) is 16.6 Å². The molecule has 1 atom stereocenters. The standard InChI is InChI=1S/C15H21BrF2N2/c1-10(2)7-19-8-11-3-4-20(9-11)15-13(17)5-12(16)6-14(15)18/h5-6,10-11,19H,3-4,7-9H2,1-2H3. The summed E-state index contributed by atoms with van der Waals surface area (Å²) in [5, 5.41) is 3.42. The highest BCUT2D eigenvalue weighted by Crippen LogP contribution is 2.31. The minimum absolute atomic E-state index is 0.111. The van der Waals surface area contributed by atoms with E-state index in [0.29, 0.717) is 29.4 Å². The van der Waals surface area contributed by atoms with Crippen LogP contribution in [0.2, 0.25) is 0 Å². The first kappa shape index (κ1) is 15.7. The van der Waals surface area contributed by atoms with Gasteiger partial charge in [0.2, 0.25) is 0 Å². The van der Waals surface area contributed by atoms with E-state index in [4.69, 9.17) is 0 Å². The molecular weight excluding hydrogens is 326 g/mol. The predicted octanol–water partition coefficient (Wildman–Crippen LogP) is 3.80. The lowest BCUT2D eigenvalue weighted by atomic mass is 10.1.